The second-order valence-electron chi connectivity index (χ2n) is 5.45. The Bertz CT molecular complexity index is 465. The van der Waals surface area contributed by atoms with E-state index in [4.69, 9.17) is 5.73 Å². The molecule has 0 atom stereocenters. The molecule has 0 bridgehead atoms. The number of nitrogens with two attached hydrogens (primary N) is 1. The maximum Gasteiger partial charge on any atom is 0.391 e. The molecule has 1 fully saturated rings. The number of nitrogen functional groups attached to an aromatic ring is 1. The van der Waals surface area contributed by atoms with Gasteiger partial charge in [0.05, 0.1) is 5.92 Å². The van der Waals surface area contributed by atoms with Gasteiger partial charge in [0, 0.05) is 18.7 Å². The van der Waals surface area contributed by atoms with Gasteiger partial charge in [-0.2, -0.15) is 13.2 Å². The van der Waals surface area contributed by atoms with E-state index in [0.29, 0.717) is 24.7 Å². The van der Waals surface area contributed by atoms with Gasteiger partial charge in [-0.15, -0.1) is 0 Å². The fourth-order valence-corrected chi connectivity index (χ4v) is 2.62. The Hall–Kier alpha value is -1.53. The van der Waals surface area contributed by atoms with Gasteiger partial charge in [0.15, 0.2) is 0 Å². The van der Waals surface area contributed by atoms with E-state index in [-0.39, 0.29) is 18.8 Å². The second-order valence-corrected chi connectivity index (χ2v) is 5.45. The molecule has 0 aliphatic carbocycles. The first-order chi connectivity index (χ1) is 9.30. The largest absolute Gasteiger partial charge is 0.391 e. The van der Waals surface area contributed by atoms with Crippen molar-refractivity contribution in [1.29, 1.82) is 0 Å². The van der Waals surface area contributed by atoms with E-state index in [1.807, 2.05) is 18.7 Å². The van der Waals surface area contributed by atoms with Crippen molar-refractivity contribution in [3.8, 4) is 0 Å². The Morgan fingerprint density at radius 1 is 1.25 bits per heavy atom. The van der Waals surface area contributed by atoms with Crippen molar-refractivity contribution in [2.75, 3.05) is 23.7 Å². The van der Waals surface area contributed by atoms with Crippen molar-refractivity contribution in [1.82, 2.24) is 9.97 Å². The zero-order valence-corrected chi connectivity index (χ0v) is 11.6. The number of halogens is 3. The molecule has 7 heteroatoms. The van der Waals surface area contributed by atoms with E-state index in [1.165, 1.54) is 6.33 Å². The van der Waals surface area contributed by atoms with Crippen LogP contribution in [0, 0.1) is 5.92 Å². The van der Waals surface area contributed by atoms with Gasteiger partial charge < -0.3 is 10.6 Å². The van der Waals surface area contributed by atoms with Crippen LogP contribution in [0.3, 0.4) is 0 Å². The van der Waals surface area contributed by atoms with Crippen molar-refractivity contribution < 1.29 is 13.2 Å². The van der Waals surface area contributed by atoms with Crippen LogP contribution in [0.5, 0.6) is 0 Å². The summed E-state index contributed by atoms with van der Waals surface area (Å²) in [5.41, 5.74) is 6.69. The van der Waals surface area contributed by atoms with Crippen molar-refractivity contribution in [3.63, 3.8) is 0 Å². The monoisotopic (exact) mass is 288 g/mol. The van der Waals surface area contributed by atoms with Gasteiger partial charge in [0.2, 0.25) is 0 Å². The molecular weight excluding hydrogens is 269 g/mol. The quantitative estimate of drug-likeness (QED) is 0.909. The highest BCUT2D eigenvalue weighted by atomic mass is 19.4. The molecule has 1 aromatic heterocycles. The summed E-state index contributed by atoms with van der Waals surface area (Å²) in [5, 5.41) is 0. The molecule has 0 radical (unpaired) electrons. The number of hydrogen-bond donors (Lipinski definition) is 1. The number of hydrogen-bond acceptors (Lipinski definition) is 4. The van der Waals surface area contributed by atoms with E-state index in [9.17, 15) is 13.2 Å². The third kappa shape index (κ3) is 2.96. The lowest BCUT2D eigenvalue weighted by atomic mass is 9.95. The number of nitrogens with zero attached hydrogens (tertiary/aromatic N) is 3. The molecule has 2 heterocycles. The molecule has 0 spiro atoms. The maximum atomic E-state index is 12.7. The standard InChI is InChI=1S/C13H19F3N4/c1-8(2)10-11(17)18-7-19-12(10)20-5-3-9(4-6-20)13(14,15)16/h7-9H,3-6H2,1-2H3,(H2,17,18,19). The summed E-state index contributed by atoms with van der Waals surface area (Å²) >= 11 is 0. The van der Waals surface area contributed by atoms with E-state index in [1.54, 1.807) is 0 Å². The molecule has 112 valence electrons. The molecule has 1 saturated heterocycles. The third-order valence-corrected chi connectivity index (χ3v) is 3.73. The Labute approximate surface area is 116 Å². The molecule has 1 aromatic rings. The Kier molecular flexibility index (Phi) is 4.06. The lowest BCUT2D eigenvalue weighted by Crippen LogP contribution is -2.40. The number of anilines is 2. The number of alkyl halides is 3. The highest BCUT2D eigenvalue weighted by Gasteiger charge is 2.41. The van der Waals surface area contributed by atoms with Gasteiger partial charge in [-0.1, -0.05) is 13.8 Å². The normalized spacial score (nSPS) is 17.8. The summed E-state index contributed by atoms with van der Waals surface area (Å²) in [6.07, 6.45) is -2.53. The van der Waals surface area contributed by atoms with Crippen LogP contribution in [0.15, 0.2) is 6.33 Å². The molecule has 2 N–H and O–H groups in total. The van der Waals surface area contributed by atoms with Gasteiger partial charge in [-0.25, -0.2) is 9.97 Å². The summed E-state index contributed by atoms with van der Waals surface area (Å²) in [7, 11) is 0. The summed E-state index contributed by atoms with van der Waals surface area (Å²) in [5.74, 6) is 0.00282. The lowest BCUT2D eigenvalue weighted by molar-refractivity contribution is -0.179. The van der Waals surface area contributed by atoms with Crippen LogP contribution in [-0.4, -0.2) is 29.2 Å². The van der Waals surface area contributed by atoms with Crippen molar-refractivity contribution in [2.45, 2.75) is 38.8 Å². The average molecular weight is 288 g/mol. The molecule has 1 aliphatic heterocycles. The minimum absolute atomic E-state index is 0.102. The molecule has 2 rings (SSSR count). The minimum atomic E-state index is -4.10. The summed E-state index contributed by atoms with van der Waals surface area (Å²) in [4.78, 5) is 10.1. The van der Waals surface area contributed by atoms with Crippen LogP contribution in [0.25, 0.3) is 0 Å². The van der Waals surface area contributed by atoms with Crippen LogP contribution >= 0.6 is 0 Å². The predicted octanol–water partition coefficient (Wildman–Crippen LogP) is 2.96. The SMILES string of the molecule is CC(C)c1c(N)ncnc1N1CCC(C(F)(F)F)CC1. The average Bonchev–Trinajstić information content (AvgIpc) is 2.37. The van der Waals surface area contributed by atoms with E-state index in [2.05, 4.69) is 9.97 Å². The van der Waals surface area contributed by atoms with E-state index >= 15 is 0 Å². The first kappa shape index (κ1) is 14.9. The Morgan fingerprint density at radius 3 is 2.35 bits per heavy atom. The lowest BCUT2D eigenvalue weighted by Gasteiger charge is -2.35. The molecule has 4 nitrogen and oxygen atoms in total. The maximum absolute atomic E-state index is 12.7. The summed E-state index contributed by atoms with van der Waals surface area (Å²) in [6.45, 7) is 4.64. The van der Waals surface area contributed by atoms with Crippen LogP contribution < -0.4 is 10.6 Å². The zero-order valence-electron chi connectivity index (χ0n) is 11.6. The van der Waals surface area contributed by atoms with Gasteiger partial charge >= 0.3 is 6.18 Å². The summed E-state index contributed by atoms with van der Waals surface area (Å²) in [6, 6.07) is 0. The first-order valence-electron chi connectivity index (χ1n) is 6.72. The van der Waals surface area contributed by atoms with Gasteiger partial charge in [-0.05, 0) is 18.8 Å². The van der Waals surface area contributed by atoms with Gasteiger partial charge in [-0.3, -0.25) is 0 Å². The molecule has 0 saturated carbocycles. The predicted molar refractivity (Wildman–Crippen MR) is 71.5 cm³/mol. The van der Waals surface area contributed by atoms with Crippen LogP contribution in [-0.2, 0) is 0 Å². The first-order valence-corrected chi connectivity index (χ1v) is 6.72. The van der Waals surface area contributed by atoms with Gasteiger partial charge in [0.1, 0.15) is 18.0 Å². The highest BCUT2D eigenvalue weighted by Crippen LogP contribution is 2.37. The molecular formula is C13H19F3N4. The molecule has 0 unspecified atom stereocenters. The third-order valence-electron chi connectivity index (χ3n) is 3.73. The van der Waals surface area contributed by atoms with Crippen LogP contribution in [0.2, 0.25) is 0 Å². The van der Waals surface area contributed by atoms with Gasteiger partial charge in [0.25, 0.3) is 0 Å². The fourth-order valence-electron chi connectivity index (χ4n) is 2.62. The number of aromatic nitrogens is 2. The van der Waals surface area contributed by atoms with Crippen LogP contribution in [0.1, 0.15) is 38.2 Å². The van der Waals surface area contributed by atoms with Crippen molar-refractivity contribution in [2.24, 2.45) is 5.92 Å². The molecule has 20 heavy (non-hydrogen) atoms. The second kappa shape index (κ2) is 5.46. The topological polar surface area (TPSA) is 55.0 Å². The minimum Gasteiger partial charge on any atom is -0.383 e. The summed E-state index contributed by atoms with van der Waals surface area (Å²) < 4.78 is 38.0. The smallest absolute Gasteiger partial charge is 0.383 e. The van der Waals surface area contributed by atoms with Crippen molar-refractivity contribution in [3.05, 3.63) is 11.9 Å². The molecule has 0 aromatic carbocycles. The van der Waals surface area contributed by atoms with Crippen LogP contribution in [0.4, 0.5) is 24.8 Å². The molecule has 1 aliphatic rings. The fraction of sp³-hybridized carbons (Fsp3) is 0.692. The van der Waals surface area contributed by atoms with E-state index < -0.39 is 12.1 Å². The Balaban J connectivity index is 2.17. The number of piperidine rings is 1. The van der Waals surface area contributed by atoms with E-state index in [0.717, 1.165) is 5.56 Å². The Morgan fingerprint density at radius 2 is 1.85 bits per heavy atom. The zero-order chi connectivity index (χ0) is 14.9. The van der Waals surface area contributed by atoms with Crippen molar-refractivity contribution >= 4 is 11.6 Å². The molecule has 0 amide bonds. The number of rotatable bonds is 2. The highest BCUT2D eigenvalue weighted by molar-refractivity contribution is 5.58.